The molecule has 1 aromatic carbocycles. The Kier molecular flexibility index (Phi) is 4.04. The Hall–Kier alpha value is -1.62. The molecule has 5 heteroatoms. The standard InChI is InChI=1S/C14H14BrFN2O/c1-17-9-11(15)7-13(17)14(19)18(2)8-10-4-3-5-12(16)6-10/h3-7,9H,8H2,1-2H3. The van der Waals surface area contributed by atoms with E-state index in [-0.39, 0.29) is 11.7 Å². The Morgan fingerprint density at radius 2 is 2.16 bits per heavy atom. The normalized spacial score (nSPS) is 10.5. The summed E-state index contributed by atoms with van der Waals surface area (Å²) in [6.07, 6.45) is 1.82. The van der Waals surface area contributed by atoms with Gasteiger partial charge in [-0.2, -0.15) is 0 Å². The van der Waals surface area contributed by atoms with Gasteiger partial charge >= 0.3 is 0 Å². The quantitative estimate of drug-likeness (QED) is 0.851. The summed E-state index contributed by atoms with van der Waals surface area (Å²) < 4.78 is 15.7. The molecule has 0 radical (unpaired) electrons. The van der Waals surface area contributed by atoms with Gasteiger partial charge in [-0.05, 0) is 39.7 Å². The highest BCUT2D eigenvalue weighted by Gasteiger charge is 2.16. The maximum absolute atomic E-state index is 13.1. The number of benzene rings is 1. The number of aromatic nitrogens is 1. The monoisotopic (exact) mass is 324 g/mol. The fourth-order valence-corrected chi connectivity index (χ4v) is 2.44. The molecule has 1 aromatic heterocycles. The minimum atomic E-state index is -0.292. The smallest absolute Gasteiger partial charge is 0.270 e. The number of amides is 1. The Labute approximate surface area is 119 Å². The SMILES string of the molecule is CN(Cc1cccc(F)c1)C(=O)c1cc(Br)cn1C. The van der Waals surface area contributed by atoms with Crippen LogP contribution in [0.25, 0.3) is 0 Å². The molecular weight excluding hydrogens is 311 g/mol. The van der Waals surface area contributed by atoms with Crippen LogP contribution < -0.4 is 0 Å². The van der Waals surface area contributed by atoms with Crippen molar-refractivity contribution in [1.82, 2.24) is 9.47 Å². The first kappa shape index (κ1) is 13.8. The van der Waals surface area contributed by atoms with Crippen LogP contribution in [-0.4, -0.2) is 22.4 Å². The maximum atomic E-state index is 13.1. The number of hydrogen-bond donors (Lipinski definition) is 0. The van der Waals surface area contributed by atoms with Crippen LogP contribution in [0.1, 0.15) is 16.1 Å². The van der Waals surface area contributed by atoms with Crippen LogP contribution in [0.3, 0.4) is 0 Å². The number of rotatable bonds is 3. The van der Waals surface area contributed by atoms with Gasteiger partial charge in [-0.1, -0.05) is 12.1 Å². The molecule has 0 fully saturated rings. The van der Waals surface area contributed by atoms with Crippen molar-refractivity contribution in [3.63, 3.8) is 0 Å². The lowest BCUT2D eigenvalue weighted by Crippen LogP contribution is -2.27. The van der Waals surface area contributed by atoms with Crippen LogP contribution in [0.2, 0.25) is 0 Å². The molecule has 0 N–H and O–H groups in total. The van der Waals surface area contributed by atoms with Crippen LogP contribution in [0.5, 0.6) is 0 Å². The van der Waals surface area contributed by atoms with Crippen molar-refractivity contribution in [2.45, 2.75) is 6.54 Å². The van der Waals surface area contributed by atoms with E-state index < -0.39 is 0 Å². The van der Waals surface area contributed by atoms with Crippen LogP contribution >= 0.6 is 15.9 Å². The first-order chi connectivity index (χ1) is 8.97. The van der Waals surface area contributed by atoms with Crippen molar-refractivity contribution in [2.24, 2.45) is 7.05 Å². The average Bonchev–Trinajstić information content (AvgIpc) is 2.67. The number of carbonyl (C=O) groups excluding carboxylic acids is 1. The van der Waals surface area contributed by atoms with E-state index in [1.807, 2.05) is 13.2 Å². The van der Waals surface area contributed by atoms with Crippen molar-refractivity contribution in [3.05, 3.63) is 58.1 Å². The summed E-state index contributed by atoms with van der Waals surface area (Å²) >= 11 is 3.34. The van der Waals surface area contributed by atoms with Crippen LogP contribution in [0.4, 0.5) is 4.39 Å². The summed E-state index contributed by atoms with van der Waals surface area (Å²) in [4.78, 5) is 13.8. The van der Waals surface area contributed by atoms with Gasteiger partial charge in [0.1, 0.15) is 11.5 Å². The predicted molar refractivity (Wildman–Crippen MR) is 75.3 cm³/mol. The van der Waals surface area contributed by atoms with Gasteiger partial charge in [0, 0.05) is 31.3 Å². The van der Waals surface area contributed by atoms with E-state index >= 15 is 0 Å². The van der Waals surface area contributed by atoms with Crippen molar-refractivity contribution < 1.29 is 9.18 Å². The van der Waals surface area contributed by atoms with Gasteiger partial charge in [0.05, 0.1) is 0 Å². The highest BCUT2D eigenvalue weighted by Crippen LogP contribution is 2.16. The molecule has 100 valence electrons. The van der Waals surface area contributed by atoms with E-state index in [9.17, 15) is 9.18 Å². The molecule has 2 rings (SSSR count). The van der Waals surface area contributed by atoms with E-state index in [1.165, 1.54) is 12.1 Å². The largest absolute Gasteiger partial charge is 0.345 e. The third kappa shape index (κ3) is 3.23. The van der Waals surface area contributed by atoms with E-state index in [2.05, 4.69) is 15.9 Å². The minimum Gasteiger partial charge on any atom is -0.345 e. The topological polar surface area (TPSA) is 25.2 Å². The Morgan fingerprint density at radius 1 is 1.42 bits per heavy atom. The molecule has 2 aromatic rings. The number of hydrogen-bond acceptors (Lipinski definition) is 1. The van der Waals surface area contributed by atoms with Crippen LogP contribution in [0, 0.1) is 5.82 Å². The van der Waals surface area contributed by atoms with Gasteiger partial charge in [0.25, 0.3) is 5.91 Å². The first-order valence-electron chi connectivity index (χ1n) is 5.79. The van der Waals surface area contributed by atoms with Crippen molar-refractivity contribution in [2.75, 3.05) is 7.05 Å². The fourth-order valence-electron chi connectivity index (χ4n) is 1.91. The van der Waals surface area contributed by atoms with Gasteiger partial charge in [-0.15, -0.1) is 0 Å². The molecule has 0 atom stereocenters. The van der Waals surface area contributed by atoms with E-state index in [0.29, 0.717) is 12.2 Å². The molecule has 0 aliphatic rings. The molecule has 1 amide bonds. The fraction of sp³-hybridized carbons (Fsp3) is 0.214. The van der Waals surface area contributed by atoms with Crippen LogP contribution in [0.15, 0.2) is 41.0 Å². The highest BCUT2D eigenvalue weighted by atomic mass is 79.9. The summed E-state index contributed by atoms with van der Waals surface area (Å²) in [7, 11) is 3.52. The van der Waals surface area contributed by atoms with E-state index in [1.54, 1.807) is 34.7 Å². The van der Waals surface area contributed by atoms with Crippen molar-refractivity contribution >= 4 is 21.8 Å². The zero-order valence-electron chi connectivity index (χ0n) is 10.7. The highest BCUT2D eigenvalue weighted by molar-refractivity contribution is 9.10. The molecule has 3 nitrogen and oxygen atoms in total. The molecule has 0 aliphatic carbocycles. The Balaban J connectivity index is 2.14. The molecule has 1 heterocycles. The van der Waals surface area contributed by atoms with Crippen molar-refractivity contribution in [3.8, 4) is 0 Å². The lowest BCUT2D eigenvalue weighted by atomic mass is 10.2. The van der Waals surface area contributed by atoms with Gasteiger partial charge in [-0.3, -0.25) is 4.79 Å². The predicted octanol–water partition coefficient (Wildman–Crippen LogP) is 3.20. The van der Waals surface area contributed by atoms with Crippen molar-refractivity contribution in [1.29, 1.82) is 0 Å². The average molecular weight is 325 g/mol. The van der Waals surface area contributed by atoms with Gasteiger partial charge < -0.3 is 9.47 Å². The van der Waals surface area contributed by atoms with Gasteiger partial charge in [0.2, 0.25) is 0 Å². The zero-order valence-corrected chi connectivity index (χ0v) is 12.3. The maximum Gasteiger partial charge on any atom is 0.270 e. The molecule has 0 saturated heterocycles. The third-order valence-electron chi connectivity index (χ3n) is 2.85. The molecule has 0 saturated carbocycles. The lowest BCUT2D eigenvalue weighted by Gasteiger charge is -2.17. The molecule has 0 bridgehead atoms. The number of nitrogens with zero attached hydrogens (tertiary/aromatic N) is 2. The summed E-state index contributed by atoms with van der Waals surface area (Å²) in [5, 5.41) is 0. The zero-order chi connectivity index (χ0) is 14.0. The molecule has 19 heavy (non-hydrogen) atoms. The van der Waals surface area contributed by atoms with E-state index in [4.69, 9.17) is 0 Å². The van der Waals surface area contributed by atoms with Crippen LogP contribution in [-0.2, 0) is 13.6 Å². The second-order valence-electron chi connectivity index (χ2n) is 4.45. The molecule has 0 spiro atoms. The second-order valence-corrected chi connectivity index (χ2v) is 5.36. The summed E-state index contributed by atoms with van der Waals surface area (Å²) in [6, 6.07) is 8.03. The van der Waals surface area contributed by atoms with Gasteiger partial charge in [0.15, 0.2) is 0 Å². The Morgan fingerprint density at radius 3 is 2.74 bits per heavy atom. The Bertz CT molecular complexity index is 609. The summed E-state index contributed by atoms with van der Waals surface area (Å²) in [5.74, 6) is -0.391. The van der Waals surface area contributed by atoms with E-state index in [0.717, 1.165) is 10.0 Å². The number of aryl methyl sites for hydroxylation is 1. The number of halogens is 2. The minimum absolute atomic E-state index is 0.0996. The van der Waals surface area contributed by atoms with Gasteiger partial charge in [-0.25, -0.2) is 4.39 Å². The molecule has 0 unspecified atom stereocenters. The molecular formula is C14H14BrFN2O. The third-order valence-corrected chi connectivity index (χ3v) is 3.28. The first-order valence-corrected chi connectivity index (χ1v) is 6.58. The molecule has 0 aliphatic heterocycles. The number of carbonyl (C=O) groups is 1. The lowest BCUT2D eigenvalue weighted by molar-refractivity contribution is 0.0775. The second kappa shape index (κ2) is 5.57. The summed E-state index contributed by atoms with van der Waals surface area (Å²) in [5.41, 5.74) is 1.36. The summed E-state index contributed by atoms with van der Waals surface area (Å²) in [6.45, 7) is 0.374.